The van der Waals surface area contributed by atoms with E-state index in [-0.39, 0.29) is 4.83 Å². The molecule has 0 aliphatic carbocycles. The van der Waals surface area contributed by atoms with Crippen LogP contribution in [0.15, 0.2) is 42.5 Å². The van der Waals surface area contributed by atoms with Gasteiger partial charge in [-0.05, 0) is 47.2 Å². The van der Waals surface area contributed by atoms with E-state index in [0.717, 1.165) is 17.9 Å². The molecule has 1 atom stereocenters. The summed E-state index contributed by atoms with van der Waals surface area (Å²) >= 11 is 9.78. The van der Waals surface area contributed by atoms with Crippen LogP contribution < -0.4 is 0 Å². The third kappa shape index (κ3) is 3.40. The minimum Gasteiger partial charge on any atom is -0.0843 e. The summed E-state index contributed by atoms with van der Waals surface area (Å²) in [5.74, 6) is 0. The van der Waals surface area contributed by atoms with Gasteiger partial charge in [-0.2, -0.15) is 0 Å². The van der Waals surface area contributed by atoms with Crippen LogP contribution in [0.2, 0.25) is 5.02 Å². The molecule has 0 heterocycles. The predicted octanol–water partition coefficient (Wildman–Crippen LogP) is 5.95. The Hall–Kier alpha value is -0.790. The van der Waals surface area contributed by atoms with Crippen molar-refractivity contribution >= 4 is 27.5 Å². The number of benzene rings is 2. The zero-order valence-corrected chi connectivity index (χ0v) is 13.6. The lowest BCUT2D eigenvalue weighted by atomic mass is 9.95. The molecule has 0 nitrogen and oxygen atoms in total. The third-order valence-corrected chi connectivity index (χ3v) is 4.71. The maximum atomic E-state index is 5.95. The molecule has 19 heavy (non-hydrogen) atoms. The lowest BCUT2D eigenvalue weighted by molar-refractivity contribution is 1.03. The number of halogens is 2. The normalized spacial score (nSPS) is 12.4. The molecule has 0 aromatic heterocycles. The molecule has 100 valence electrons. The van der Waals surface area contributed by atoms with E-state index in [0.29, 0.717) is 0 Å². The van der Waals surface area contributed by atoms with Crippen molar-refractivity contribution in [2.75, 3.05) is 0 Å². The van der Waals surface area contributed by atoms with Gasteiger partial charge >= 0.3 is 0 Å². The summed E-state index contributed by atoms with van der Waals surface area (Å²) in [6.45, 7) is 4.39. The number of alkyl halides is 1. The highest BCUT2D eigenvalue weighted by Crippen LogP contribution is 2.34. The highest BCUT2D eigenvalue weighted by Gasteiger charge is 2.14. The van der Waals surface area contributed by atoms with Gasteiger partial charge in [0.05, 0.1) is 4.83 Å². The van der Waals surface area contributed by atoms with Crippen molar-refractivity contribution in [3.8, 4) is 0 Å². The van der Waals surface area contributed by atoms with Gasteiger partial charge in [-0.1, -0.05) is 71.7 Å². The average Bonchev–Trinajstić information content (AvgIpc) is 2.46. The van der Waals surface area contributed by atoms with E-state index in [1.54, 1.807) is 0 Å². The van der Waals surface area contributed by atoms with Crippen LogP contribution in [0.25, 0.3) is 0 Å². The van der Waals surface area contributed by atoms with Gasteiger partial charge in [-0.3, -0.25) is 0 Å². The van der Waals surface area contributed by atoms with Crippen LogP contribution in [0.3, 0.4) is 0 Å². The van der Waals surface area contributed by atoms with Crippen molar-refractivity contribution in [2.24, 2.45) is 0 Å². The highest BCUT2D eigenvalue weighted by molar-refractivity contribution is 9.09. The van der Waals surface area contributed by atoms with Crippen LogP contribution in [-0.4, -0.2) is 0 Å². The van der Waals surface area contributed by atoms with Crippen LogP contribution in [0.1, 0.15) is 40.9 Å². The first-order chi connectivity index (χ1) is 9.15. The fraction of sp³-hybridized carbons (Fsp3) is 0.294. The Bertz CT molecular complexity index is 546. The van der Waals surface area contributed by atoms with E-state index in [1.807, 2.05) is 12.1 Å². The maximum absolute atomic E-state index is 5.95. The Labute approximate surface area is 128 Å². The molecule has 2 rings (SSSR count). The summed E-state index contributed by atoms with van der Waals surface area (Å²) in [5.41, 5.74) is 5.39. The second kappa shape index (κ2) is 6.58. The SMILES string of the molecule is CCc1ccc(CC)c(C(Br)c2ccc(Cl)cc2)c1. The Morgan fingerprint density at radius 3 is 2.26 bits per heavy atom. The van der Waals surface area contributed by atoms with E-state index in [9.17, 15) is 0 Å². The zero-order chi connectivity index (χ0) is 13.8. The second-order valence-corrected chi connectivity index (χ2v) is 6.01. The van der Waals surface area contributed by atoms with Gasteiger partial charge in [0, 0.05) is 5.02 Å². The summed E-state index contributed by atoms with van der Waals surface area (Å²) in [7, 11) is 0. The van der Waals surface area contributed by atoms with Crippen LogP contribution in [0.4, 0.5) is 0 Å². The molecule has 1 unspecified atom stereocenters. The number of hydrogen-bond acceptors (Lipinski definition) is 0. The molecule has 2 aromatic rings. The highest BCUT2D eigenvalue weighted by atomic mass is 79.9. The summed E-state index contributed by atoms with van der Waals surface area (Å²) in [6.07, 6.45) is 2.12. The lowest BCUT2D eigenvalue weighted by Gasteiger charge is -2.16. The van der Waals surface area contributed by atoms with Crippen LogP contribution in [0.5, 0.6) is 0 Å². The molecule has 0 N–H and O–H groups in total. The Morgan fingerprint density at radius 2 is 1.68 bits per heavy atom. The Balaban J connectivity index is 2.41. The third-order valence-electron chi connectivity index (χ3n) is 3.44. The number of aryl methyl sites for hydroxylation is 2. The minimum atomic E-state index is 0.228. The molecule has 0 radical (unpaired) electrons. The van der Waals surface area contributed by atoms with Gasteiger partial charge in [-0.25, -0.2) is 0 Å². The average molecular weight is 338 g/mol. The van der Waals surface area contributed by atoms with Crippen LogP contribution in [-0.2, 0) is 12.8 Å². The molecule has 0 saturated carbocycles. The standard InChI is InChI=1S/C17H18BrCl/c1-3-12-5-6-13(4-2)16(11-12)17(18)14-7-9-15(19)10-8-14/h5-11,17H,3-4H2,1-2H3. The number of hydrogen-bond donors (Lipinski definition) is 0. The van der Waals surface area contributed by atoms with Crippen molar-refractivity contribution < 1.29 is 0 Å². The van der Waals surface area contributed by atoms with Crippen molar-refractivity contribution in [3.63, 3.8) is 0 Å². The summed E-state index contributed by atoms with van der Waals surface area (Å²) in [4.78, 5) is 0.228. The van der Waals surface area contributed by atoms with Gasteiger partial charge < -0.3 is 0 Å². The number of rotatable bonds is 4. The molecule has 0 amide bonds. The van der Waals surface area contributed by atoms with Crippen molar-refractivity contribution in [1.29, 1.82) is 0 Å². The molecule has 0 saturated heterocycles. The first-order valence-electron chi connectivity index (χ1n) is 6.67. The molecule has 0 aliphatic heterocycles. The molecular weight excluding hydrogens is 320 g/mol. The molecule has 2 heteroatoms. The first-order valence-corrected chi connectivity index (χ1v) is 7.96. The smallest absolute Gasteiger partial charge is 0.0647 e. The largest absolute Gasteiger partial charge is 0.0843 e. The predicted molar refractivity (Wildman–Crippen MR) is 87.4 cm³/mol. The van der Waals surface area contributed by atoms with Crippen molar-refractivity contribution in [3.05, 3.63) is 69.7 Å². The summed E-state index contributed by atoms with van der Waals surface area (Å²) in [6, 6.07) is 14.8. The van der Waals surface area contributed by atoms with E-state index in [1.165, 1.54) is 22.3 Å². The van der Waals surface area contributed by atoms with Gasteiger partial charge in [0.25, 0.3) is 0 Å². The van der Waals surface area contributed by atoms with Crippen LogP contribution in [0, 0.1) is 0 Å². The van der Waals surface area contributed by atoms with Gasteiger partial charge in [0.2, 0.25) is 0 Å². The quantitative estimate of drug-likeness (QED) is 0.605. The summed E-state index contributed by atoms with van der Waals surface area (Å²) < 4.78 is 0. The van der Waals surface area contributed by atoms with Crippen molar-refractivity contribution in [1.82, 2.24) is 0 Å². The topological polar surface area (TPSA) is 0 Å². The lowest BCUT2D eigenvalue weighted by Crippen LogP contribution is -1.99. The summed E-state index contributed by atoms with van der Waals surface area (Å²) in [5, 5.41) is 0.779. The first kappa shape index (κ1) is 14.6. The molecule has 2 aromatic carbocycles. The molecule has 0 bridgehead atoms. The Kier molecular flexibility index (Phi) is 5.06. The van der Waals surface area contributed by atoms with Gasteiger partial charge in [0.15, 0.2) is 0 Å². The fourth-order valence-electron chi connectivity index (χ4n) is 2.23. The fourth-order valence-corrected chi connectivity index (χ4v) is 3.09. The molecule has 0 aliphatic rings. The van der Waals surface area contributed by atoms with Crippen molar-refractivity contribution in [2.45, 2.75) is 31.5 Å². The van der Waals surface area contributed by atoms with E-state index in [4.69, 9.17) is 11.6 Å². The van der Waals surface area contributed by atoms with E-state index >= 15 is 0 Å². The zero-order valence-electron chi connectivity index (χ0n) is 11.3. The van der Waals surface area contributed by atoms with Gasteiger partial charge in [0.1, 0.15) is 0 Å². The van der Waals surface area contributed by atoms with Crippen LogP contribution >= 0.6 is 27.5 Å². The molecule has 0 fully saturated rings. The second-order valence-electron chi connectivity index (χ2n) is 4.65. The molecule has 0 spiro atoms. The van der Waals surface area contributed by atoms with E-state index < -0.39 is 0 Å². The van der Waals surface area contributed by atoms with Gasteiger partial charge in [-0.15, -0.1) is 0 Å². The van der Waals surface area contributed by atoms with E-state index in [2.05, 4.69) is 60.1 Å². The minimum absolute atomic E-state index is 0.228. The molecular formula is C17H18BrCl. The monoisotopic (exact) mass is 336 g/mol. The maximum Gasteiger partial charge on any atom is 0.0647 e. The Morgan fingerprint density at radius 1 is 1.00 bits per heavy atom.